The van der Waals surface area contributed by atoms with Gasteiger partial charge in [-0.1, -0.05) is 26.8 Å². The summed E-state index contributed by atoms with van der Waals surface area (Å²) < 4.78 is 5.89. The Morgan fingerprint density at radius 2 is 2.35 bits per heavy atom. The third-order valence-corrected chi connectivity index (χ3v) is 6.39. The molecular formula is C18H29N3OS. The fourth-order valence-electron chi connectivity index (χ4n) is 3.97. The Balaban J connectivity index is 1.63. The summed E-state index contributed by atoms with van der Waals surface area (Å²) in [5.74, 6) is 2.03. The number of nitrogens with zero attached hydrogens (tertiary/aromatic N) is 1. The summed E-state index contributed by atoms with van der Waals surface area (Å²) in [6.07, 6.45) is 1.57. The van der Waals surface area contributed by atoms with Crippen molar-refractivity contribution in [1.82, 2.24) is 10.6 Å². The molecule has 2 heterocycles. The highest BCUT2D eigenvalue weighted by Gasteiger charge is 2.59. The van der Waals surface area contributed by atoms with Crippen LogP contribution >= 0.6 is 11.3 Å². The molecule has 3 rings (SSSR count). The van der Waals surface area contributed by atoms with Gasteiger partial charge in [-0.05, 0) is 24.8 Å². The molecule has 0 radical (unpaired) electrons. The first kappa shape index (κ1) is 16.8. The third-order valence-electron chi connectivity index (χ3n) is 5.29. The Morgan fingerprint density at radius 1 is 1.52 bits per heavy atom. The van der Waals surface area contributed by atoms with E-state index in [0.29, 0.717) is 24.0 Å². The maximum Gasteiger partial charge on any atom is 0.191 e. The number of thiophene rings is 1. The molecule has 128 valence electrons. The van der Waals surface area contributed by atoms with Crippen molar-refractivity contribution in [2.75, 3.05) is 19.7 Å². The number of fused-ring (bicyclic) bond motifs is 1. The molecule has 4 unspecified atom stereocenters. The number of aliphatic imine (C=N–C) groups is 1. The fraction of sp³-hybridized carbons (Fsp3) is 0.722. The van der Waals surface area contributed by atoms with Crippen molar-refractivity contribution in [2.24, 2.45) is 16.3 Å². The monoisotopic (exact) mass is 335 g/mol. The van der Waals surface area contributed by atoms with E-state index in [-0.39, 0.29) is 5.41 Å². The zero-order valence-electron chi connectivity index (χ0n) is 14.6. The van der Waals surface area contributed by atoms with Crippen LogP contribution in [0.1, 0.15) is 44.9 Å². The number of nitrogens with one attached hydrogen (secondary N) is 2. The fourth-order valence-corrected chi connectivity index (χ4v) is 4.75. The molecule has 4 atom stereocenters. The van der Waals surface area contributed by atoms with Crippen LogP contribution in [-0.2, 0) is 4.74 Å². The molecule has 1 aliphatic heterocycles. The summed E-state index contributed by atoms with van der Waals surface area (Å²) in [6.45, 7) is 11.6. The molecule has 1 aliphatic carbocycles. The summed E-state index contributed by atoms with van der Waals surface area (Å²) in [4.78, 5) is 6.23. The van der Waals surface area contributed by atoms with E-state index >= 15 is 0 Å². The standard InChI is InChI=1S/C18H29N3OS/c1-5-19-17(20-11-12(2)14-7-6-10-23-14)21-15-13-8-9-22-16(13)18(15,3)4/h6-7,10,12-13,15-16H,5,8-9,11H2,1-4H3,(H2,19,20,21). The van der Waals surface area contributed by atoms with Crippen LogP contribution in [0.5, 0.6) is 0 Å². The number of rotatable bonds is 5. The zero-order chi connectivity index (χ0) is 16.4. The third kappa shape index (κ3) is 3.26. The molecule has 23 heavy (non-hydrogen) atoms. The highest BCUT2D eigenvalue weighted by molar-refractivity contribution is 7.10. The molecule has 2 N–H and O–H groups in total. The van der Waals surface area contributed by atoms with Crippen molar-refractivity contribution < 1.29 is 4.74 Å². The largest absolute Gasteiger partial charge is 0.377 e. The van der Waals surface area contributed by atoms with Crippen LogP contribution in [-0.4, -0.2) is 37.8 Å². The van der Waals surface area contributed by atoms with E-state index in [1.165, 1.54) is 4.88 Å². The van der Waals surface area contributed by atoms with Crippen LogP contribution in [0, 0.1) is 11.3 Å². The van der Waals surface area contributed by atoms with Crippen molar-refractivity contribution in [3.05, 3.63) is 22.4 Å². The van der Waals surface area contributed by atoms with Gasteiger partial charge in [0.25, 0.3) is 0 Å². The first-order chi connectivity index (χ1) is 11.0. The molecular weight excluding hydrogens is 306 g/mol. The van der Waals surface area contributed by atoms with Crippen molar-refractivity contribution in [3.63, 3.8) is 0 Å². The Morgan fingerprint density at radius 3 is 3.04 bits per heavy atom. The molecule has 1 saturated carbocycles. The van der Waals surface area contributed by atoms with Crippen LogP contribution in [0.2, 0.25) is 0 Å². The summed E-state index contributed by atoms with van der Waals surface area (Å²) in [6, 6.07) is 4.76. The Kier molecular flexibility index (Phi) is 4.97. The van der Waals surface area contributed by atoms with Gasteiger partial charge in [0.1, 0.15) is 0 Å². The second-order valence-electron chi connectivity index (χ2n) is 7.32. The molecule has 0 spiro atoms. The highest BCUT2D eigenvalue weighted by Crippen LogP contribution is 2.52. The smallest absolute Gasteiger partial charge is 0.191 e. The van der Waals surface area contributed by atoms with Crippen molar-refractivity contribution >= 4 is 17.3 Å². The van der Waals surface area contributed by atoms with Gasteiger partial charge in [-0.25, -0.2) is 0 Å². The van der Waals surface area contributed by atoms with Gasteiger partial charge in [-0.15, -0.1) is 11.3 Å². The van der Waals surface area contributed by atoms with Gasteiger partial charge >= 0.3 is 0 Å². The van der Waals surface area contributed by atoms with Gasteiger partial charge in [0.2, 0.25) is 0 Å². The molecule has 5 heteroatoms. The molecule has 1 aromatic heterocycles. The van der Waals surface area contributed by atoms with Crippen LogP contribution in [0.15, 0.2) is 22.5 Å². The topological polar surface area (TPSA) is 45.7 Å². The van der Waals surface area contributed by atoms with Crippen LogP contribution < -0.4 is 10.6 Å². The van der Waals surface area contributed by atoms with Gasteiger partial charge in [0.15, 0.2) is 5.96 Å². The maximum atomic E-state index is 5.89. The molecule has 1 saturated heterocycles. The van der Waals surface area contributed by atoms with E-state index < -0.39 is 0 Å². The van der Waals surface area contributed by atoms with Gasteiger partial charge in [0, 0.05) is 41.3 Å². The summed E-state index contributed by atoms with van der Waals surface area (Å²) in [7, 11) is 0. The number of ether oxygens (including phenoxy) is 1. The van der Waals surface area contributed by atoms with E-state index in [1.807, 2.05) is 11.3 Å². The average Bonchev–Trinajstić information content (AvgIpc) is 3.19. The van der Waals surface area contributed by atoms with E-state index in [1.54, 1.807) is 0 Å². The summed E-state index contributed by atoms with van der Waals surface area (Å²) in [5.41, 5.74) is 0.177. The maximum absolute atomic E-state index is 5.89. The minimum Gasteiger partial charge on any atom is -0.377 e. The number of guanidine groups is 1. The lowest BCUT2D eigenvalue weighted by Gasteiger charge is -2.54. The second kappa shape index (κ2) is 6.81. The molecule has 0 amide bonds. The highest BCUT2D eigenvalue weighted by atomic mass is 32.1. The molecule has 0 aromatic carbocycles. The molecule has 2 aliphatic rings. The molecule has 2 fully saturated rings. The van der Waals surface area contributed by atoms with Crippen LogP contribution in [0.25, 0.3) is 0 Å². The Hall–Kier alpha value is -1.07. The minimum absolute atomic E-state index is 0.177. The van der Waals surface area contributed by atoms with Gasteiger partial charge in [-0.2, -0.15) is 0 Å². The average molecular weight is 336 g/mol. The van der Waals surface area contributed by atoms with Crippen LogP contribution in [0.3, 0.4) is 0 Å². The molecule has 0 bridgehead atoms. The Bertz CT molecular complexity index is 540. The van der Waals surface area contributed by atoms with E-state index in [4.69, 9.17) is 9.73 Å². The minimum atomic E-state index is 0.177. The van der Waals surface area contributed by atoms with E-state index in [2.05, 4.69) is 55.8 Å². The van der Waals surface area contributed by atoms with Crippen molar-refractivity contribution in [2.45, 2.75) is 52.2 Å². The second-order valence-corrected chi connectivity index (χ2v) is 8.30. The summed E-state index contributed by atoms with van der Waals surface area (Å²) in [5, 5.41) is 9.22. The number of hydrogen-bond acceptors (Lipinski definition) is 3. The first-order valence-electron chi connectivity index (χ1n) is 8.74. The number of hydrogen-bond donors (Lipinski definition) is 2. The lowest BCUT2D eigenvalue weighted by molar-refractivity contribution is -0.106. The molecule has 4 nitrogen and oxygen atoms in total. The predicted molar refractivity (Wildman–Crippen MR) is 97.3 cm³/mol. The van der Waals surface area contributed by atoms with Gasteiger partial charge in [0.05, 0.1) is 12.6 Å². The van der Waals surface area contributed by atoms with Gasteiger partial charge in [-0.3, -0.25) is 4.99 Å². The lowest BCUT2D eigenvalue weighted by atomic mass is 9.57. The predicted octanol–water partition coefficient (Wildman–Crippen LogP) is 3.22. The van der Waals surface area contributed by atoms with Crippen LogP contribution in [0.4, 0.5) is 0 Å². The zero-order valence-corrected chi connectivity index (χ0v) is 15.5. The Labute approximate surface area is 143 Å². The van der Waals surface area contributed by atoms with Crippen molar-refractivity contribution in [1.29, 1.82) is 0 Å². The first-order valence-corrected chi connectivity index (χ1v) is 9.61. The van der Waals surface area contributed by atoms with E-state index in [0.717, 1.165) is 32.1 Å². The lowest BCUT2D eigenvalue weighted by Crippen LogP contribution is -2.68. The van der Waals surface area contributed by atoms with E-state index in [9.17, 15) is 0 Å². The summed E-state index contributed by atoms with van der Waals surface area (Å²) >= 11 is 1.81. The molecule has 1 aromatic rings. The quantitative estimate of drug-likeness (QED) is 0.641. The normalized spacial score (nSPS) is 30.4. The van der Waals surface area contributed by atoms with Gasteiger partial charge < -0.3 is 15.4 Å². The SMILES string of the molecule is CCNC(=NCC(C)c1cccs1)NC1C2CCOC2C1(C)C. The van der Waals surface area contributed by atoms with Crippen molar-refractivity contribution in [3.8, 4) is 0 Å².